The third-order valence-corrected chi connectivity index (χ3v) is 4.85. The molecule has 3 aromatic rings. The van der Waals surface area contributed by atoms with Gasteiger partial charge in [0.1, 0.15) is 5.69 Å². The molecule has 0 saturated heterocycles. The first-order chi connectivity index (χ1) is 11.4. The van der Waals surface area contributed by atoms with Crippen LogP contribution >= 0.6 is 0 Å². The topological polar surface area (TPSA) is 76.2 Å². The number of carbonyl (C=O) groups is 1. The van der Waals surface area contributed by atoms with Gasteiger partial charge in [-0.2, -0.15) is 0 Å². The molecular weight excluding hydrogens is 326 g/mol. The summed E-state index contributed by atoms with van der Waals surface area (Å²) in [6.45, 7) is 2.00. The van der Waals surface area contributed by atoms with E-state index in [0.717, 1.165) is 11.8 Å². The first-order valence-corrected chi connectivity index (χ1v) is 9.39. The number of esters is 1. The first kappa shape index (κ1) is 16.3. The Morgan fingerprint density at radius 2 is 1.83 bits per heavy atom. The summed E-state index contributed by atoms with van der Waals surface area (Å²) in [5.41, 5.74) is 2.47. The van der Waals surface area contributed by atoms with Gasteiger partial charge in [0.15, 0.2) is 9.84 Å². The van der Waals surface area contributed by atoms with Crippen LogP contribution in [0.1, 0.15) is 17.4 Å². The average Bonchev–Trinajstić information content (AvgIpc) is 2.93. The Hall–Kier alpha value is -2.60. The number of aromatic nitrogens is 1. The van der Waals surface area contributed by atoms with Crippen LogP contribution in [-0.2, 0) is 14.6 Å². The van der Waals surface area contributed by atoms with Crippen molar-refractivity contribution in [2.24, 2.45) is 0 Å². The van der Waals surface area contributed by atoms with Crippen LogP contribution in [0.3, 0.4) is 0 Å². The maximum Gasteiger partial charge on any atom is 0.355 e. The van der Waals surface area contributed by atoms with Gasteiger partial charge in [0.2, 0.25) is 0 Å². The smallest absolute Gasteiger partial charge is 0.355 e. The Morgan fingerprint density at radius 1 is 1.12 bits per heavy atom. The predicted octanol–water partition coefficient (Wildman–Crippen LogP) is 3.42. The molecule has 1 heterocycles. The highest BCUT2D eigenvalue weighted by atomic mass is 32.2. The van der Waals surface area contributed by atoms with Gasteiger partial charge in [0, 0.05) is 22.7 Å². The van der Waals surface area contributed by atoms with Gasteiger partial charge in [-0.25, -0.2) is 13.2 Å². The first-order valence-electron chi connectivity index (χ1n) is 7.50. The van der Waals surface area contributed by atoms with Crippen molar-refractivity contribution in [3.05, 3.63) is 54.2 Å². The van der Waals surface area contributed by atoms with Gasteiger partial charge in [-0.05, 0) is 30.7 Å². The molecule has 2 aromatic carbocycles. The number of fused-ring (bicyclic) bond motifs is 1. The van der Waals surface area contributed by atoms with Crippen molar-refractivity contribution >= 4 is 26.7 Å². The van der Waals surface area contributed by atoms with Crippen molar-refractivity contribution in [3.8, 4) is 11.1 Å². The minimum atomic E-state index is -3.34. The fraction of sp³-hybridized carbons (Fsp3) is 0.167. The zero-order chi connectivity index (χ0) is 17.3. The Bertz CT molecular complexity index is 1000. The molecule has 0 radical (unpaired) electrons. The number of carbonyl (C=O) groups excluding carboxylic acids is 1. The molecule has 0 spiro atoms. The molecule has 124 valence electrons. The van der Waals surface area contributed by atoms with Crippen molar-refractivity contribution in [1.82, 2.24) is 4.98 Å². The summed E-state index contributed by atoms with van der Waals surface area (Å²) in [4.78, 5) is 15.6. The molecule has 0 atom stereocenters. The van der Waals surface area contributed by atoms with E-state index >= 15 is 0 Å². The molecule has 0 unspecified atom stereocenters. The molecule has 0 amide bonds. The van der Waals surface area contributed by atoms with E-state index in [9.17, 15) is 13.2 Å². The Balaban J connectivity index is 2.33. The van der Waals surface area contributed by atoms with Crippen molar-refractivity contribution in [2.75, 3.05) is 12.9 Å². The fourth-order valence-electron chi connectivity index (χ4n) is 2.66. The quantitative estimate of drug-likeness (QED) is 0.737. The Kier molecular flexibility index (Phi) is 4.15. The van der Waals surface area contributed by atoms with Gasteiger partial charge in [0.25, 0.3) is 0 Å². The molecule has 0 aliphatic rings. The predicted molar refractivity (Wildman–Crippen MR) is 92.8 cm³/mol. The third-order valence-electron chi connectivity index (χ3n) is 3.74. The highest BCUT2D eigenvalue weighted by Gasteiger charge is 2.21. The summed E-state index contributed by atoms with van der Waals surface area (Å²) >= 11 is 0. The normalized spacial score (nSPS) is 11.6. The fourth-order valence-corrected chi connectivity index (χ4v) is 3.31. The zero-order valence-electron chi connectivity index (χ0n) is 13.4. The van der Waals surface area contributed by atoms with Gasteiger partial charge >= 0.3 is 5.97 Å². The number of ether oxygens (including phenoxy) is 1. The van der Waals surface area contributed by atoms with Gasteiger partial charge in [-0.15, -0.1) is 0 Å². The van der Waals surface area contributed by atoms with E-state index in [2.05, 4.69) is 4.98 Å². The van der Waals surface area contributed by atoms with E-state index in [1.807, 2.05) is 30.3 Å². The van der Waals surface area contributed by atoms with E-state index in [-0.39, 0.29) is 11.5 Å². The number of rotatable bonds is 4. The molecule has 24 heavy (non-hydrogen) atoms. The summed E-state index contributed by atoms with van der Waals surface area (Å²) in [5.74, 6) is -0.464. The van der Waals surface area contributed by atoms with Gasteiger partial charge < -0.3 is 9.72 Å². The summed E-state index contributed by atoms with van der Waals surface area (Å²) < 4.78 is 28.9. The van der Waals surface area contributed by atoms with Crippen LogP contribution in [-0.4, -0.2) is 32.2 Å². The van der Waals surface area contributed by atoms with E-state index in [1.165, 1.54) is 6.07 Å². The number of hydrogen-bond acceptors (Lipinski definition) is 4. The molecule has 3 rings (SSSR count). The lowest BCUT2D eigenvalue weighted by Crippen LogP contribution is -2.06. The van der Waals surface area contributed by atoms with Gasteiger partial charge in [0.05, 0.1) is 11.5 Å². The van der Waals surface area contributed by atoms with Crippen LogP contribution in [0, 0.1) is 0 Å². The van der Waals surface area contributed by atoms with Crippen molar-refractivity contribution < 1.29 is 17.9 Å². The lowest BCUT2D eigenvalue weighted by Gasteiger charge is -2.05. The van der Waals surface area contributed by atoms with Crippen LogP contribution in [0.4, 0.5) is 0 Å². The number of aromatic amines is 1. The Morgan fingerprint density at radius 3 is 2.46 bits per heavy atom. The van der Waals surface area contributed by atoms with Crippen molar-refractivity contribution in [1.29, 1.82) is 0 Å². The summed E-state index contributed by atoms with van der Waals surface area (Å²) in [5, 5.41) is 0.673. The molecule has 0 fully saturated rings. The number of sulfone groups is 1. The monoisotopic (exact) mass is 343 g/mol. The molecule has 0 saturated carbocycles. The van der Waals surface area contributed by atoms with Crippen LogP contribution in [0.2, 0.25) is 0 Å². The van der Waals surface area contributed by atoms with Gasteiger partial charge in [-0.1, -0.05) is 30.3 Å². The lowest BCUT2D eigenvalue weighted by molar-refractivity contribution is 0.0521. The second-order valence-electron chi connectivity index (χ2n) is 5.44. The van der Waals surface area contributed by atoms with Crippen LogP contribution < -0.4 is 0 Å². The van der Waals surface area contributed by atoms with E-state index in [4.69, 9.17) is 4.74 Å². The second-order valence-corrected chi connectivity index (χ2v) is 7.46. The van der Waals surface area contributed by atoms with Crippen LogP contribution in [0.15, 0.2) is 53.4 Å². The number of hydrogen-bond donors (Lipinski definition) is 1. The maximum absolute atomic E-state index is 12.3. The van der Waals surface area contributed by atoms with Crippen LogP contribution in [0.25, 0.3) is 22.0 Å². The number of benzene rings is 2. The third kappa shape index (κ3) is 2.92. The van der Waals surface area contributed by atoms with Crippen molar-refractivity contribution in [3.63, 3.8) is 0 Å². The second kappa shape index (κ2) is 6.13. The molecule has 0 aliphatic carbocycles. The van der Waals surface area contributed by atoms with E-state index in [1.54, 1.807) is 19.1 Å². The highest BCUT2D eigenvalue weighted by molar-refractivity contribution is 7.90. The summed E-state index contributed by atoms with van der Waals surface area (Å²) in [6.07, 6.45) is 1.16. The van der Waals surface area contributed by atoms with Crippen LogP contribution in [0.5, 0.6) is 0 Å². The summed E-state index contributed by atoms with van der Waals surface area (Å²) in [7, 11) is -3.34. The molecule has 5 nitrogen and oxygen atoms in total. The molecule has 1 aromatic heterocycles. The molecular formula is C18H17NO4S. The SMILES string of the molecule is CCOC(=O)c1[nH]c2ccc(S(C)(=O)=O)cc2c1-c1ccccc1. The van der Waals surface area contributed by atoms with Crippen molar-refractivity contribution in [2.45, 2.75) is 11.8 Å². The van der Waals surface area contributed by atoms with E-state index < -0.39 is 15.8 Å². The number of nitrogens with one attached hydrogen (secondary N) is 1. The molecule has 0 aliphatic heterocycles. The lowest BCUT2D eigenvalue weighted by atomic mass is 10.0. The minimum Gasteiger partial charge on any atom is -0.461 e. The number of H-pyrrole nitrogens is 1. The van der Waals surface area contributed by atoms with Gasteiger partial charge in [-0.3, -0.25) is 0 Å². The van der Waals surface area contributed by atoms with E-state index in [0.29, 0.717) is 22.2 Å². The largest absolute Gasteiger partial charge is 0.461 e. The standard InChI is InChI=1S/C18H17NO4S/c1-3-23-18(20)17-16(12-7-5-4-6-8-12)14-11-13(24(2,21)22)9-10-15(14)19-17/h4-11,19H,3H2,1-2H3. The maximum atomic E-state index is 12.3. The highest BCUT2D eigenvalue weighted by Crippen LogP contribution is 2.34. The zero-order valence-corrected chi connectivity index (χ0v) is 14.2. The molecule has 0 bridgehead atoms. The molecule has 1 N–H and O–H groups in total. The Labute approximate surface area is 140 Å². The average molecular weight is 343 g/mol. The summed E-state index contributed by atoms with van der Waals surface area (Å²) in [6, 6.07) is 14.1. The molecule has 6 heteroatoms. The minimum absolute atomic E-state index is 0.210.